The van der Waals surface area contributed by atoms with Crippen LogP contribution in [0.25, 0.3) is 0 Å². The molecule has 0 bridgehead atoms. The summed E-state index contributed by atoms with van der Waals surface area (Å²) in [5, 5.41) is 1.64. The van der Waals surface area contributed by atoms with Crippen molar-refractivity contribution in [1.29, 1.82) is 0 Å². The smallest absolute Gasteiger partial charge is 0.286 e. The average Bonchev–Trinajstić information content (AvgIpc) is 2.93. The van der Waals surface area contributed by atoms with Gasteiger partial charge in [-0.25, -0.2) is 4.39 Å². The Morgan fingerprint density at radius 2 is 1.85 bits per heavy atom. The molecular formula is C21H22FNO3S. The van der Waals surface area contributed by atoms with Gasteiger partial charge in [0.05, 0.1) is 11.9 Å². The van der Waals surface area contributed by atoms with Crippen molar-refractivity contribution in [3.63, 3.8) is 0 Å². The van der Waals surface area contributed by atoms with Crippen LogP contribution in [-0.2, 0) is 23.3 Å². The lowest BCUT2D eigenvalue weighted by Crippen LogP contribution is -2.25. The Morgan fingerprint density at radius 1 is 1.11 bits per heavy atom. The van der Waals surface area contributed by atoms with Gasteiger partial charge in [-0.15, -0.1) is 0 Å². The highest BCUT2D eigenvalue weighted by Crippen LogP contribution is 2.26. The van der Waals surface area contributed by atoms with Gasteiger partial charge < -0.3 is 4.74 Å². The summed E-state index contributed by atoms with van der Waals surface area (Å²) in [6.07, 6.45) is 1.20. The lowest BCUT2D eigenvalue weighted by Gasteiger charge is -2.15. The molecule has 0 aliphatic carbocycles. The van der Waals surface area contributed by atoms with Crippen LogP contribution in [0.3, 0.4) is 0 Å². The van der Waals surface area contributed by atoms with Crippen LogP contribution in [-0.4, -0.2) is 23.0 Å². The first-order valence-corrected chi connectivity index (χ1v) is 9.71. The molecule has 0 saturated carbocycles. The zero-order valence-electron chi connectivity index (χ0n) is 15.3. The Balaban J connectivity index is 1.51. The van der Waals surface area contributed by atoms with Gasteiger partial charge in [0.25, 0.3) is 5.24 Å². The molecule has 0 aromatic heterocycles. The Bertz CT molecular complexity index is 830. The normalized spacial score (nSPS) is 17.1. The highest BCUT2D eigenvalue weighted by Gasteiger charge is 2.31. The van der Waals surface area contributed by atoms with E-state index in [9.17, 15) is 14.0 Å². The van der Waals surface area contributed by atoms with Crippen LogP contribution in [0.2, 0.25) is 0 Å². The molecule has 142 valence electrons. The number of carbonyl (C=O) groups excluding carboxylic acids is 2. The van der Waals surface area contributed by atoms with Gasteiger partial charge in [-0.1, -0.05) is 48.2 Å². The van der Waals surface area contributed by atoms with E-state index in [0.717, 1.165) is 28.6 Å². The van der Waals surface area contributed by atoms with E-state index in [0.29, 0.717) is 25.0 Å². The van der Waals surface area contributed by atoms with Crippen molar-refractivity contribution in [3.8, 4) is 5.75 Å². The number of ether oxygens (including phenoxy) is 1. The number of rotatable bonds is 7. The first-order chi connectivity index (χ1) is 12.8. The minimum atomic E-state index is -1.36. The zero-order valence-corrected chi connectivity index (χ0v) is 16.1. The van der Waals surface area contributed by atoms with E-state index in [2.05, 4.69) is 5.32 Å². The molecule has 1 aliphatic heterocycles. The monoisotopic (exact) mass is 387 g/mol. The topological polar surface area (TPSA) is 55.4 Å². The van der Waals surface area contributed by atoms with Gasteiger partial charge in [-0.05, 0) is 49.1 Å². The zero-order chi connectivity index (χ0) is 19.4. The molecule has 1 N–H and O–H groups in total. The van der Waals surface area contributed by atoms with E-state index in [4.69, 9.17) is 4.74 Å². The van der Waals surface area contributed by atoms with Crippen molar-refractivity contribution in [2.45, 2.75) is 37.6 Å². The molecule has 4 nitrogen and oxygen atoms in total. The van der Waals surface area contributed by atoms with Crippen molar-refractivity contribution < 1.29 is 18.7 Å². The maximum Gasteiger partial charge on any atom is 0.286 e. The van der Waals surface area contributed by atoms with Gasteiger partial charge in [0, 0.05) is 6.42 Å². The molecule has 0 radical (unpaired) electrons. The van der Waals surface area contributed by atoms with E-state index in [1.165, 1.54) is 0 Å². The van der Waals surface area contributed by atoms with E-state index in [-0.39, 0.29) is 16.4 Å². The third-order valence-electron chi connectivity index (χ3n) is 4.38. The summed E-state index contributed by atoms with van der Waals surface area (Å²) in [5.74, 6) is 0.504. The van der Waals surface area contributed by atoms with Crippen LogP contribution in [0.4, 0.5) is 9.18 Å². The number of nitrogens with one attached hydrogen (secondary N) is 1. The number of amides is 2. The van der Waals surface area contributed by atoms with Crippen molar-refractivity contribution in [1.82, 2.24) is 5.32 Å². The van der Waals surface area contributed by atoms with E-state index in [1.54, 1.807) is 19.9 Å². The van der Waals surface area contributed by atoms with Gasteiger partial charge >= 0.3 is 0 Å². The van der Waals surface area contributed by atoms with Gasteiger partial charge in [0.1, 0.15) is 11.4 Å². The molecule has 1 saturated heterocycles. The highest BCUT2D eigenvalue weighted by atomic mass is 32.2. The largest absolute Gasteiger partial charge is 0.493 e. The standard InChI is InChI=1S/C21H22FNO3S/c1-21(2,22)16-5-3-4-14(12-16)10-11-26-17-8-6-15(7-9-17)13-18-19(24)23-20(25)27-18/h3-9,12,18H,10-11,13H2,1-2H3,(H,23,24,25). The molecule has 2 aromatic rings. The van der Waals surface area contributed by atoms with Crippen molar-refractivity contribution >= 4 is 22.9 Å². The van der Waals surface area contributed by atoms with Crippen molar-refractivity contribution in [2.24, 2.45) is 0 Å². The summed E-state index contributed by atoms with van der Waals surface area (Å²) < 4.78 is 19.8. The molecular weight excluding hydrogens is 365 g/mol. The van der Waals surface area contributed by atoms with Crippen LogP contribution >= 0.6 is 11.8 Å². The summed E-state index contributed by atoms with van der Waals surface area (Å²) in [7, 11) is 0. The van der Waals surface area contributed by atoms with Crippen LogP contribution < -0.4 is 10.1 Å². The van der Waals surface area contributed by atoms with E-state index >= 15 is 0 Å². The van der Waals surface area contributed by atoms with Crippen LogP contribution in [0.1, 0.15) is 30.5 Å². The SMILES string of the molecule is CC(C)(F)c1cccc(CCOc2ccc(CC3SC(=O)NC3=O)cc2)c1. The van der Waals surface area contributed by atoms with Gasteiger partial charge in [0.2, 0.25) is 5.91 Å². The third kappa shape index (κ3) is 5.32. The molecule has 1 atom stereocenters. The van der Waals surface area contributed by atoms with Gasteiger partial charge in [0.15, 0.2) is 0 Å². The molecule has 2 aromatic carbocycles. The number of imide groups is 1. The van der Waals surface area contributed by atoms with E-state index in [1.807, 2.05) is 42.5 Å². The molecule has 27 heavy (non-hydrogen) atoms. The van der Waals surface area contributed by atoms with Gasteiger partial charge in [-0.3, -0.25) is 14.9 Å². The summed E-state index contributed by atoms with van der Waals surface area (Å²) in [6, 6.07) is 15.0. The predicted octanol–water partition coefficient (Wildman–Crippen LogP) is 4.41. The number of hydrogen-bond acceptors (Lipinski definition) is 4. The predicted molar refractivity (Wildman–Crippen MR) is 105 cm³/mol. The number of alkyl halides is 1. The third-order valence-corrected chi connectivity index (χ3v) is 5.37. The minimum absolute atomic E-state index is 0.232. The fourth-order valence-electron chi connectivity index (χ4n) is 2.85. The average molecular weight is 387 g/mol. The number of benzene rings is 2. The summed E-state index contributed by atoms with van der Waals surface area (Å²) in [5.41, 5.74) is 1.31. The number of thioether (sulfide) groups is 1. The van der Waals surface area contributed by atoms with Crippen molar-refractivity contribution in [2.75, 3.05) is 6.61 Å². The molecule has 2 amide bonds. The summed E-state index contributed by atoms with van der Waals surface area (Å²) in [6.45, 7) is 3.59. The second-order valence-corrected chi connectivity index (χ2v) is 8.18. The second kappa shape index (κ2) is 8.13. The maximum atomic E-state index is 14.0. The van der Waals surface area contributed by atoms with Crippen LogP contribution in [0.5, 0.6) is 5.75 Å². The molecule has 1 heterocycles. The van der Waals surface area contributed by atoms with Crippen LogP contribution in [0, 0.1) is 0 Å². The van der Waals surface area contributed by atoms with Gasteiger partial charge in [-0.2, -0.15) is 0 Å². The summed E-state index contributed by atoms with van der Waals surface area (Å²) in [4.78, 5) is 22.8. The lowest BCUT2D eigenvalue weighted by atomic mass is 9.97. The molecule has 0 spiro atoms. The first-order valence-electron chi connectivity index (χ1n) is 8.83. The number of halogens is 1. The second-order valence-electron chi connectivity index (χ2n) is 7.00. The Labute approximate surface area is 162 Å². The fourth-order valence-corrected chi connectivity index (χ4v) is 3.71. The maximum absolute atomic E-state index is 14.0. The van der Waals surface area contributed by atoms with Crippen LogP contribution in [0.15, 0.2) is 48.5 Å². The molecule has 6 heteroatoms. The Hall–Kier alpha value is -2.34. The van der Waals surface area contributed by atoms with E-state index < -0.39 is 5.67 Å². The summed E-state index contributed by atoms with van der Waals surface area (Å²) >= 11 is 1.03. The molecule has 1 unspecified atom stereocenters. The molecule has 3 rings (SSSR count). The number of hydrogen-bond donors (Lipinski definition) is 1. The highest BCUT2D eigenvalue weighted by molar-refractivity contribution is 8.15. The number of carbonyl (C=O) groups is 2. The van der Waals surface area contributed by atoms with Crippen molar-refractivity contribution in [3.05, 3.63) is 65.2 Å². The molecule has 1 fully saturated rings. The Morgan fingerprint density at radius 3 is 2.48 bits per heavy atom. The molecule has 1 aliphatic rings. The Kier molecular flexibility index (Phi) is 5.85. The first kappa shape index (κ1) is 19.4. The quantitative estimate of drug-likeness (QED) is 0.765. The lowest BCUT2D eigenvalue weighted by molar-refractivity contribution is -0.118. The minimum Gasteiger partial charge on any atom is -0.493 e. The fraction of sp³-hybridized carbons (Fsp3) is 0.333.